The lowest BCUT2D eigenvalue weighted by Crippen LogP contribution is -2.34. The Morgan fingerprint density at radius 1 is 1.13 bits per heavy atom. The minimum absolute atomic E-state index is 0.226. The van der Waals surface area contributed by atoms with E-state index >= 15 is 0 Å². The predicted octanol–water partition coefficient (Wildman–Crippen LogP) is 2.18. The molecule has 0 bridgehead atoms. The van der Waals surface area contributed by atoms with Crippen LogP contribution in [-0.4, -0.2) is 31.5 Å². The lowest BCUT2D eigenvalue weighted by molar-refractivity contribution is -0.123. The highest BCUT2D eigenvalue weighted by atomic mass is 32.1. The number of benzene rings is 1. The Morgan fingerprint density at radius 3 is 2.52 bits per heavy atom. The Kier molecular flexibility index (Phi) is 5.48. The number of rotatable bonds is 5. The maximum Gasteiger partial charge on any atom is 0.348 e. The Morgan fingerprint density at radius 2 is 1.87 bits per heavy atom. The summed E-state index contributed by atoms with van der Waals surface area (Å²) in [7, 11) is 1.43. The molecule has 0 atom stereocenters. The summed E-state index contributed by atoms with van der Waals surface area (Å²) in [4.78, 5) is 36.8. The summed E-state index contributed by atoms with van der Waals surface area (Å²) in [6.45, 7) is 1.33. The molecule has 0 aliphatic carbocycles. The second-order valence-electron chi connectivity index (χ2n) is 4.56. The van der Waals surface area contributed by atoms with Crippen molar-refractivity contribution in [1.29, 1.82) is 0 Å². The van der Waals surface area contributed by atoms with Crippen LogP contribution in [-0.2, 0) is 9.53 Å². The van der Waals surface area contributed by atoms with Crippen LogP contribution < -0.4 is 10.1 Å². The SMILES string of the molecule is COc1ccccc1C(=O)NC(=O)COC(=O)c1ccc(C)s1. The Bertz CT molecular complexity index is 738. The summed E-state index contributed by atoms with van der Waals surface area (Å²) in [5.74, 6) is -1.56. The fourth-order valence-corrected chi connectivity index (χ4v) is 2.57. The van der Waals surface area contributed by atoms with Gasteiger partial charge in [-0.1, -0.05) is 12.1 Å². The first-order valence-corrected chi connectivity index (χ1v) is 7.53. The quantitative estimate of drug-likeness (QED) is 0.848. The molecule has 0 unspecified atom stereocenters. The Hall–Kier alpha value is -2.67. The first-order valence-electron chi connectivity index (χ1n) is 6.72. The first-order chi connectivity index (χ1) is 11.0. The van der Waals surface area contributed by atoms with E-state index in [4.69, 9.17) is 9.47 Å². The molecule has 0 aliphatic rings. The van der Waals surface area contributed by atoms with Crippen LogP contribution in [0.3, 0.4) is 0 Å². The van der Waals surface area contributed by atoms with Crippen molar-refractivity contribution in [2.45, 2.75) is 6.92 Å². The second kappa shape index (κ2) is 7.55. The summed E-state index contributed by atoms with van der Waals surface area (Å²) in [6, 6.07) is 9.91. The number of amides is 2. The molecule has 0 aliphatic heterocycles. The molecule has 7 heteroatoms. The zero-order valence-corrected chi connectivity index (χ0v) is 13.4. The molecule has 6 nitrogen and oxygen atoms in total. The van der Waals surface area contributed by atoms with Crippen LogP contribution in [0.25, 0.3) is 0 Å². The van der Waals surface area contributed by atoms with Gasteiger partial charge in [-0.15, -0.1) is 11.3 Å². The minimum atomic E-state index is -0.706. The van der Waals surface area contributed by atoms with Gasteiger partial charge in [-0.3, -0.25) is 14.9 Å². The van der Waals surface area contributed by atoms with Gasteiger partial charge in [0.25, 0.3) is 11.8 Å². The van der Waals surface area contributed by atoms with Crippen molar-refractivity contribution in [2.24, 2.45) is 0 Å². The molecule has 2 amide bonds. The van der Waals surface area contributed by atoms with E-state index in [1.165, 1.54) is 24.5 Å². The van der Waals surface area contributed by atoms with E-state index in [0.717, 1.165) is 4.88 Å². The number of esters is 1. The van der Waals surface area contributed by atoms with Gasteiger partial charge >= 0.3 is 5.97 Å². The molecule has 0 spiro atoms. The number of aryl methyl sites for hydroxylation is 1. The van der Waals surface area contributed by atoms with Gasteiger partial charge in [0.05, 0.1) is 12.7 Å². The zero-order chi connectivity index (χ0) is 16.8. The first kappa shape index (κ1) is 16.7. The molecule has 0 radical (unpaired) electrons. The van der Waals surface area contributed by atoms with Gasteiger partial charge in [0.15, 0.2) is 6.61 Å². The molecule has 2 aromatic rings. The topological polar surface area (TPSA) is 81.7 Å². The zero-order valence-electron chi connectivity index (χ0n) is 12.6. The molecule has 1 aromatic heterocycles. The van der Waals surface area contributed by atoms with Crippen molar-refractivity contribution in [3.8, 4) is 5.75 Å². The molecular formula is C16H15NO5S. The number of ether oxygens (including phenoxy) is 2. The van der Waals surface area contributed by atoms with Crippen LogP contribution in [0.1, 0.15) is 24.9 Å². The van der Waals surface area contributed by atoms with Crippen LogP contribution in [0.5, 0.6) is 5.75 Å². The van der Waals surface area contributed by atoms with Gasteiger partial charge in [0.2, 0.25) is 0 Å². The van der Waals surface area contributed by atoms with E-state index in [-0.39, 0.29) is 5.56 Å². The molecule has 0 saturated carbocycles. The lowest BCUT2D eigenvalue weighted by Gasteiger charge is -2.08. The van der Waals surface area contributed by atoms with Gasteiger partial charge in [-0.25, -0.2) is 4.79 Å². The van der Waals surface area contributed by atoms with Gasteiger partial charge in [0, 0.05) is 4.88 Å². The normalized spacial score (nSPS) is 10.0. The van der Waals surface area contributed by atoms with Gasteiger partial charge in [-0.05, 0) is 31.2 Å². The number of carbonyl (C=O) groups excluding carboxylic acids is 3. The van der Waals surface area contributed by atoms with Gasteiger partial charge in [0.1, 0.15) is 10.6 Å². The van der Waals surface area contributed by atoms with Crippen LogP contribution in [0.15, 0.2) is 36.4 Å². The van der Waals surface area contributed by atoms with Crippen molar-refractivity contribution < 1.29 is 23.9 Å². The smallest absolute Gasteiger partial charge is 0.348 e. The van der Waals surface area contributed by atoms with Crippen LogP contribution in [0.2, 0.25) is 0 Å². The summed E-state index contributed by atoms with van der Waals surface area (Å²) in [6.07, 6.45) is 0. The molecule has 1 heterocycles. The van der Waals surface area contributed by atoms with Crippen molar-refractivity contribution >= 4 is 29.1 Å². The largest absolute Gasteiger partial charge is 0.496 e. The van der Waals surface area contributed by atoms with E-state index in [1.807, 2.05) is 6.92 Å². The fourth-order valence-electron chi connectivity index (χ4n) is 1.81. The Balaban J connectivity index is 1.89. The average molecular weight is 333 g/mol. The van der Waals surface area contributed by atoms with Crippen molar-refractivity contribution in [3.05, 3.63) is 51.7 Å². The number of thiophene rings is 1. The third-order valence-corrected chi connectivity index (χ3v) is 3.86. The fraction of sp³-hybridized carbons (Fsp3) is 0.188. The summed E-state index contributed by atoms with van der Waals surface area (Å²) in [5.41, 5.74) is 0.226. The molecular weight excluding hydrogens is 318 g/mol. The summed E-state index contributed by atoms with van der Waals surface area (Å²) >= 11 is 1.27. The van der Waals surface area contributed by atoms with Gasteiger partial charge in [-0.2, -0.15) is 0 Å². The number of imide groups is 1. The number of hydrogen-bond acceptors (Lipinski definition) is 6. The molecule has 23 heavy (non-hydrogen) atoms. The maximum atomic E-state index is 12.0. The molecule has 1 N–H and O–H groups in total. The van der Waals surface area contributed by atoms with E-state index in [9.17, 15) is 14.4 Å². The number of para-hydroxylation sites is 1. The van der Waals surface area contributed by atoms with E-state index in [1.54, 1.807) is 30.3 Å². The molecule has 0 fully saturated rings. The highest BCUT2D eigenvalue weighted by Gasteiger charge is 2.16. The number of hydrogen-bond donors (Lipinski definition) is 1. The minimum Gasteiger partial charge on any atom is -0.496 e. The van der Waals surface area contributed by atoms with Crippen molar-refractivity contribution in [1.82, 2.24) is 5.32 Å². The maximum absolute atomic E-state index is 12.0. The van der Waals surface area contributed by atoms with E-state index in [2.05, 4.69) is 5.32 Å². The number of methoxy groups -OCH3 is 1. The molecule has 1 aromatic carbocycles. The van der Waals surface area contributed by atoms with E-state index < -0.39 is 24.4 Å². The highest BCUT2D eigenvalue weighted by molar-refractivity contribution is 7.13. The second-order valence-corrected chi connectivity index (χ2v) is 5.85. The summed E-state index contributed by atoms with van der Waals surface area (Å²) < 4.78 is 9.92. The third kappa shape index (κ3) is 4.40. The van der Waals surface area contributed by atoms with Gasteiger partial charge < -0.3 is 9.47 Å². The highest BCUT2D eigenvalue weighted by Crippen LogP contribution is 2.17. The number of carbonyl (C=O) groups is 3. The average Bonchev–Trinajstić information content (AvgIpc) is 2.99. The number of nitrogens with one attached hydrogen (secondary N) is 1. The lowest BCUT2D eigenvalue weighted by atomic mass is 10.2. The molecule has 2 rings (SSSR count). The van der Waals surface area contributed by atoms with Crippen LogP contribution in [0, 0.1) is 6.92 Å². The third-order valence-electron chi connectivity index (χ3n) is 2.88. The van der Waals surface area contributed by atoms with Crippen molar-refractivity contribution in [2.75, 3.05) is 13.7 Å². The molecule has 120 valence electrons. The summed E-state index contributed by atoms with van der Waals surface area (Å²) in [5, 5.41) is 2.15. The standard InChI is InChI=1S/C16H15NO5S/c1-10-7-8-13(23-10)16(20)22-9-14(18)17-15(19)11-5-3-4-6-12(11)21-2/h3-8H,9H2,1-2H3,(H,17,18,19). The Labute approximate surface area is 137 Å². The molecule has 0 saturated heterocycles. The monoisotopic (exact) mass is 333 g/mol. The van der Waals surface area contributed by atoms with Crippen molar-refractivity contribution in [3.63, 3.8) is 0 Å². The van der Waals surface area contributed by atoms with Crippen LogP contribution in [0.4, 0.5) is 0 Å². The predicted molar refractivity (Wildman–Crippen MR) is 84.8 cm³/mol. The van der Waals surface area contributed by atoms with E-state index in [0.29, 0.717) is 10.6 Å². The van der Waals surface area contributed by atoms with Crippen LogP contribution >= 0.6 is 11.3 Å².